The highest BCUT2D eigenvalue weighted by Crippen LogP contribution is 2.27. The molecule has 0 aliphatic carbocycles. The summed E-state index contributed by atoms with van der Waals surface area (Å²) in [6.45, 7) is 0. The fraction of sp³-hybridized carbons (Fsp3) is 0.0588. The third-order valence-electron chi connectivity index (χ3n) is 3.75. The SMILES string of the molecule is Cn1c2ccccc2n2cc(-c3ccccc3)cc12. The van der Waals surface area contributed by atoms with Gasteiger partial charge in [-0.1, -0.05) is 42.5 Å². The summed E-state index contributed by atoms with van der Waals surface area (Å²) in [6.07, 6.45) is 2.22. The molecule has 92 valence electrons. The molecule has 4 aromatic rings. The van der Waals surface area contributed by atoms with E-state index in [0.29, 0.717) is 0 Å². The molecule has 0 fully saturated rings. The third-order valence-corrected chi connectivity index (χ3v) is 3.75. The molecule has 0 amide bonds. The normalized spacial score (nSPS) is 11.4. The van der Waals surface area contributed by atoms with Gasteiger partial charge in [0, 0.05) is 18.8 Å². The maximum Gasteiger partial charge on any atom is 0.118 e. The Labute approximate surface area is 111 Å². The van der Waals surface area contributed by atoms with E-state index in [9.17, 15) is 0 Å². The molecule has 0 saturated heterocycles. The molecule has 0 atom stereocenters. The second kappa shape index (κ2) is 3.75. The molecule has 2 nitrogen and oxygen atoms in total. The van der Waals surface area contributed by atoms with Crippen LogP contribution in [0.1, 0.15) is 0 Å². The van der Waals surface area contributed by atoms with Gasteiger partial charge in [0.25, 0.3) is 0 Å². The molecule has 4 rings (SSSR count). The van der Waals surface area contributed by atoms with Gasteiger partial charge in [0.1, 0.15) is 5.65 Å². The summed E-state index contributed by atoms with van der Waals surface area (Å²) >= 11 is 0. The summed E-state index contributed by atoms with van der Waals surface area (Å²) in [6, 6.07) is 21.2. The third kappa shape index (κ3) is 1.43. The Bertz CT molecular complexity index is 866. The lowest BCUT2D eigenvalue weighted by Crippen LogP contribution is -1.85. The molecule has 2 heterocycles. The second-order valence-corrected chi connectivity index (χ2v) is 4.87. The van der Waals surface area contributed by atoms with E-state index in [0.717, 1.165) is 0 Å². The quantitative estimate of drug-likeness (QED) is 0.478. The van der Waals surface area contributed by atoms with Crippen molar-refractivity contribution in [1.82, 2.24) is 8.97 Å². The van der Waals surface area contributed by atoms with Crippen molar-refractivity contribution in [2.75, 3.05) is 0 Å². The van der Waals surface area contributed by atoms with Crippen LogP contribution in [0.3, 0.4) is 0 Å². The first-order chi connectivity index (χ1) is 9.34. The topological polar surface area (TPSA) is 9.34 Å². The zero-order chi connectivity index (χ0) is 12.8. The summed E-state index contributed by atoms with van der Waals surface area (Å²) in [7, 11) is 2.12. The van der Waals surface area contributed by atoms with E-state index in [4.69, 9.17) is 0 Å². The molecule has 0 unspecified atom stereocenters. The van der Waals surface area contributed by atoms with Crippen molar-refractivity contribution >= 4 is 16.7 Å². The highest BCUT2D eigenvalue weighted by Gasteiger charge is 2.09. The number of benzene rings is 2. The van der Waals surface area contributed by atoms with E-state index in [2.05, 4.69) is 82.9 Å². The molecule has 2 aromatic heterocycles. The molecular weight excluding hydrogens is 232 g/mol. The number of aromatic nitrogens is 2. The van der Waals surface area contributed by atoms with E-state index in [1.165, 1.54) is 27.8 Å². The highest BCUT2D eigenvalue weighted by molar-refractivity contribution is 5.84. The summed E-state index contributed by atoms with van der Waals surface area (Å²) < 4.78 is 4.50. The van der Waals surface area contributed by atoms with E-state index in [1.54, 1.807) is 0 Å². The van der Waals surface area contributed by atoms with Gasteiger partial charge in [-0.05, 0) is 23.8 Å². The average Bonchev–Trinajstić information content (AvgIpc) is 3.01. The summed E-state index contributed by atoms with van der Waals surface area (Å²) in [5.74, 6) is 0. The van der Waals surface area contributed by atoms with Crippen LogP contribution in [0.4, 0.5) is 0 Å². The Morgan fingerprint density at radius 1 is 0.737 bits per heavy atom. The van der Waals surface area contributed by atoms with Crippen LogP contribution >= 0.6 is 0 Å². The van der Waals surface area contributed by atoms with E-state index in [-0.39, 0.29) is 0 Å². The number of hydrogen-bond acceptors (Lipinski definition) is 0. The molecule has 0 aliphatic rings. The predicted molar refractivity (Wildman–Crippen MR) is 79.3 cm³/mol. The summed E-state index contributed by atoms with van der Waals surface area (Å²) in [4.78, 5) is 0. The maximum absolute atomic E-state index is 2.26. The fourth-order valence-electron chi connectivity index (χ4n) is 2.77. The Morgan fingerprint density at radius 3 is 2.21 bits per heavy atom. The molecular formula is C17H14N2. The molecule has 2 heteroatoms. The molecule has 19 heavy (non-hydrogen) atoms. The first-order valence-electron chi connectivity index (χ1n) is 6.45. The van der Waals surface area contributed by atoms with Crippen molar-refractivity contribution in [3.8, 4) is 11.1 Å². The van der Waals surface area contributed by atoms with Crippen molar-refractivity contribution < 1.29 is 0 Å². The van der Waals surface area contributed by atoms with Gasteiger partial charge in [0.15, 0.2) is 0 Å². The number of aryl methyl sites for hydroxylation is 1. The minimum Gasteiger partial charge on any atom is -0.329 e. The predicted octanol–water partition coefficient (Wildman–Crippen LogP) is 4.10. The lowest BCUT2D eigenvalue weighted by molar-refractivity contribution is 0.994. The molecule has 0 saturated carbocycles. The van der Waals surface area contributed by atoms with Gasteiger partial charge in [0.2, 0.25) is 0 Å². The Hall–Kier alpha value is -2.48. The largest absolute Gasteiger partial charge is 0.329 e. The monoisotopic (exact) mass is 246 g/mol. The van der Waals surface area contributed by atoms with E-state index in [1.807, 2.05) is 0 Å². The standard InChI is InChI=1S/C17H14N2/c1-18-15-9-5-6-10-16(15)19-12-14(11-17(18)19)13-7-3-2-4-8-13/h2-12H,1H3. The van der Waals surface area contributed by atoms with E-state index < -0.39 is 0 Å². The van der Waals surface area contributed by atoms with Crippen molar-refractivity contribution in [3.05, 3.63) is 66.9 Å². The molecule has 0 N–H and O–H groups in total. The van der Waals surface area contributed by atoms with Crippen molar-refractivity contribution in [2.45, 2.75) is 0 Å². The summed E-state index contributed by atoms with van der Waals surface area (Å²) in [5.41, 5.74) is 6.26. The van der Waals surface area contributed by atoms with Gasteiger partial charge in [-0.15, -0.1) is 0 Å². The van der Waals surface area contributed by atoms with Crippen molar-refractivity contribution in [1.29, 1.82) is 0 Å². The van der Waals surface area contributed by atoms with Gasteiger partial charge < -0.3 is 8.97 Å². The number of fused-ring (bicyclic) bond motifs is 3. The van der Waals surface area contributed by atoms with Crippen LogP contribution in [0.2, 0.25) is 0 Å². The van der Waals surface area contributed by atoms with Gasteiger partial charge in [-0.2, -0.15) is 0 Å². The first-order valence-corrected chi connectivity index (χ1v) is 6.45. The Morgan fingerprint density at radius 2 is 1.42 bits per heavy atom. The zero-order valence-electron chi connectivity index (χ0n) is 10.7. The lowest BCUT2D eigenvalue weighted by atomic mass is 10.1. The number of rotatable bonds is 1. The van der Waals surface area contributed by atoms with Crippen LogP contribution < -0.4 is 0 Å². The molecule has 0 radical (unpaired) electrons. The number of para-hydroxylation sites is 2. The van der Waals surface area contributed by atoms with Crippen LogP contribution in [0.25, 0.3) is 27.8 Å². The molecule has 0 spiro atoms. The fourth-order valence-corrected chi connectivity index (χ4v) is 2.77. The maximum atomic E-state index is 2.26. The minimum absolute atomic E-state index is 1.22. The average molecular weight is 246 g/mol. The second-order valence-electron chi connectivity index (χ2n) is 4.87. The van der Waals surface area contributed by atoms with Crippen LogP contribution in [-0.2, 0) is 7.05 Å². The van der Waals surface area contributed by atoms with Crippen LogP contribution in [0.15, 0.2) is 66.9 Å². The highest BCUT2D eigenvalue weighted by atomic mass is 15.1. The zero-order valence-corrected chi connectivity index (χ0v) is 10.7. The van der Waals surface area contributed by atoms with Gasteiger partial charge >= 0.3 is 0 Å². The molecule has 0 aliphatic heterocycles. The van der Waals surface area contributed by atoms with Gasteiger partial charge in [-0.25, -0.2) is 0 Å². The van der Waals surface area contributed by atoms with Gasteiger partial charge in [-0.3, -0.25) is 0 Å². The van der Waals surface area contributed by atoms with Crippen LogP contribution in [-0.4, -0.2) is 8.97 Å². The van der Waals surface area contributed by atoms with Crippen LogP contribution in [0.5, 0.6) is 0 Å². The van der Waals surface area contributed by atoms with E-state index >= 15 is 0 Å². The smallest absolute Gasteiger partial charge is 0.118 e. The number of hydrogen-bond donors (Lipinski definition) is 0. The Balaban J connectivity index is 2.05. The van der Waals surface area contributed by atoms with Gasteiger partial charge in [0.05, 0.1) is 11.0 Å². The van der Waals surface area contributed by atoms with Crippen molar-refractivity contribution in [2.24, 2.45) is 7.05 Å². The van der Waals surface area contributed by atoms with Crippen molar-refractivity contribution in [3.63, 3.8) is 0 Å². The summed E-state index contributed by atoms with van der Waals surface area (Å²) in [5, 5.41) is 0. The minimum atomic E-state index is 1.22. The first kappa shape index (κ1) is 10.4. The van der Waals surface area contributed by atoms with Crippen LogP contribution in [0, 0.1) is 0 Å². The Kier molecular flexibility index (Phi) is 2.06. The number of imidazole rings is 1. The number of nitrogens with zero attached hydrogens (tertiary/aromatic N) is 2. The molecule has 0 bridgehead atoms. The molecule has 2 aromatic carbocycles. The lowest BCUT2D eigenvalue weighted by Gasteiger charge is -1.97.